The Morgan fingerprint density at radius 1 is 1.21 bits per heavy atom. The zero-order chi connectivity index (χ0) is 13.2. The number of rotatable bonds is 3. The van der Waals surface area contributed by atoms with Gasteiger partial charge in [-0.1, -0.05) is 12.1 Å². The highest BCUT2D eigenvalue weighted by molar-refractivity contribution is 7.16. The first kappa shape index (κ1) is 12.2. The molecule has 19 heavy (non-hydrogen) atoms. The summed E-state index contributed by atoms with van der Waals surface area (Å²) in [6, 6.07) is 9.95. The van der Waals surface area contributed by atoms with E-state index in [0.29, 0.717) is 0 Å². The maximum absolute atomic E-state index is 5.81. The second kappa shape index (κ2) is 5.03. The van der Waals surface area contributed by atoms with E-state index in [4.69, 9.17) is 5.73 Å². The van der Waals surface area contributed by atoms with Crippen LogP contribution in [0.3, 0.4) is 0 Å². The molecular formula is C14H13N3S2. The van der Waals surface area contributed by atoms with Crippen LogP contribution < -0.4 is 11.1 Å². The van der Waals surface area contributed by atoms with Crippen LogP contribution in [0.2, 0.25) is 0 Å². The van der Waals surface area contributed by atoms with Gasteiger partial charge >= 0.3 is 0 Å². The molecule has 0 aliphatic heterocycles. The van der Waals surface area contributed by atoms with Crippen molar-refractivity contribution in [2.75, 3.05) is 11.1 Å². The minimum absolute atomic E-state index is 0.753. The van der Waals surface area contributed by atoms with Gasteiger partial charge in [-0.05, 0) is 36.1 Å². The number of aryl methyl sites for hydroxylation is 1. The molecule has 0 fully saturated rings. The Hall–Kier alpha value is -1.85. The van der Waals surface area contributed by atoms with E-state index in [2.05, 4.69) is 34.1 Å². The topological polar surface area (TPSA) is 50.9 Å². The van der Waals surface area contributed by atoms with Crippen molar-refractivity contribution in [3.8, 4) is 10.6 Å². The largest absolute Gasteiger partial charge is 0.399 e. The molecule has 5 heteroatoms. The quantitative estimate of drug-likeness (QED) is 0.697. The van der Waals surface area contributed by atoms with E-state index in [9.17, 15) is 0 Å². The smallest absolute Gasteiger partial charge is 0.187 e. The number of hydrogen-bond donors (Lipinski definition) is 2. The highest BCUT2D eigenvalue weighted by Gasteiger charge is 2.06. The summed E-state index contributed by atoms with van der Waals surface area (Å²) in [5, 5.41) is 8.34. The third kappa shape index (κ3) is 2.62. The van der Waals surface area contributed by atoms with Gasteiger partial charge < -0.3 is 11.1 Å². The standard InChI is InChI=1S/C14H13N3S2/c1-9-4-5-10(15)7-11(9)16-14-17-12(8-19-14)13-3-2-6-18-13/h2-8H,15H2,1H3,(H,16,17). The van der Waals surface area contributed by atoms with E-state index in [0.717, 1.165) is 27.8 Å². The zero-order valence-electron chi connectivity index (χ0n) is 10.4. The molecule has 96 valence electrons. The fourth-order valence-corrected chi connectivity index (χ4v) is 3.24. The maximum atomic E-state index is 5.81. The summed E-state index contributed by atoms with van der Waals surface area (Å²) in [4.78, 5) is 5.78. The molecule has 1 aromatic carbocycles. The second-order valence-corrected chi connectivity index (χ2v) is 6.02. The van der Waals surface area contributed by atoms with Gasteiger partial charge in [-0.25, -0.2) is 4.98 Å². The van der Waals surface area contributed by atoms with Crippen LogP contribution in [-0.2, 0) is 0 Å². The molecule has 0 unspecified atom stereocenters. The molecule has 0 spiro atoms. The van der Waals surface area contributed by atoms with Crippen molar-refractivity contribution in [1.82, 2.24) is 4.98 Å². The molecule has 0 saturated heterocycles. The van der Waals surface area contributed by atoms with E-state index in [1.54, 1.807) is 22.7 Å². The summed E-state index contributed by atoms with van der Waals surface area (Å²) in [5.41, 5.74) is 9.74. The Bertz CT molecular complexity index is 687. The Morgan fingerprint density at radius 2 is 2.11 bits per heavy atom. The molecule has 2 aromatic heterocycles. The highest BCUT2D eigenvalue weighted by Crippen LogP contribution is 2.30. The summed E-state index contributed by atoms with van der Waals surface area (Å²) in [5.74, 6) is 0. The van der Waals surface area contributed by atoms with Crippen LogP contribution in [0.4, 0.5) is 16.5 Å². The van der Waals surface area contributed by atoms with Crippen LogP contribution in [0.5, 0.6) is 0 Å². The van der Waals surface area contributed by atoms with Crippen LogP contribution in [-0.4, -0.2) is 4.98 Å². The Kier molecular flexibility index (Phi) is 3.23. The maximum Gasteiger partial charge on any atom is 0.187 e. The number of nitrogens with one attached hydrogen (secondary N) is 1. The van der Waals surface area contributed by atoms with E-state index in [1.807, 2.05) is 24.3 Å². The fourth-order valence-electron chi connectivity index (χ4n) is 1.76. The van der Waals surface area contributed by atoms with Crippen molar-refractivity contribution in [2.24, 2.45) is 0 Å². The molecule has 0 bridgehead atoms. The Labute approximate surface area is 119 Å². The summed E-state index contributed by atoms with van der Waals surface area (Å²) in [7, 11) is 0. The molecule has 3 N–H and O–H groups in total. The van der Waals surface area contributed by atoms with Gasteiger partial charge in [-0.3, -0.25) is 0 Å². The average Bonchev–Trinajstić information content (AvgIpc) is 3.04. The van der Waals surface area contributed by atoms with Crippen LogP contribution in [0.25, 0.3) is 10.6 Å². The molecule has 0 radical (unpaired) electrons. The molecule has 0 aliphatic carbocycles. The van der Waals surface area contributed by atoms with Gasteiger partial charge in [0.05, 0.1) is 10.6 Å². The molecule has 0 saturated carbocycles. The minimum atomic E-state index is 0.753. The van der Waals surface area contributed by atoms with Gasteiger partial charge in [0.25, 0.3) is 0 Å². The number of benzene rings is 1. The molecule has 3 nitrogen and oxygen atoms in total. The molecule has 2 heterocycles. The van der Waals surface area contributed by atoms with Gasteiger partial charge in [0.2, 0.25) is 0 Å². The first-order chi connectivity index (χ1) is 9.22. The van der Waals surface area contributed by atoms with Gasteiger partial charge in [0, 0.05) is 16.8 Å². The lowest BCUT2D eigenvalue weighted by Crippen LogP contribution is -1.94. The van der Waals surface area contributed by atoms with Crippen molar-refractivity contribution >= 4 is 39.2 Å². The van der Waals surface area contributed by atoms with Gasteiger partial charge in [0.1, 0.15) is 0 Å². The monoisotopic (exact) mass is 287 g/mol. The normalized spacial score (nSPS) is 10.6. The van der Waals surface area contributed by atoms with E-state index < -0.39 is 0 Å². The van der Waals surface area contributed by atoms with Crippen molar-refractivity contribution in [3.05, 3.63) is 46.7 Å². The molecule has 0 atom stereocenters. The molecule has 0 amide bonds. The number of nitrogens with two attached hydrogens (primary N) is 1. The second-order valence-electron chi connectivity index (χ2n) is 4.21. The number of aromatic nitrogens is 1. The van der Waals surface area contributed by atoms with Crippen LogP contribution in [0, 0.1) is 6.92 Å². The van der Waals surface area contributed by atoms with E-state index in [1.165, 1.54) is 4.88 Å². The first-order valence-electron chi connectivity index (χ1n) is 5.85. The molecular weight excluding hydrogens is 274 g/mol. The summed E-state index contributed by atoms with van der Waals surface area (Å²) >= 11 is 3.30. The highest BCUT2D eigenvalue weighted by atomic mass is 32.1. The van der Waals surface area contributed by atoms with Crippen LogP contribution in [0.1, 0.15) is 5.56 Å². The Balaban J connectivity index is 1.86. The van der Waals surface area contributed by atoms with Crippen molar-refractivity contribution in [2.45, 2.75) is 6.92 Å². The lowest BCUT2D eigenvalue weighted by molar-refractivity contribution is 1.37. The number of hydrogen-bond acceptors (Lipinski definition) is 5. The van der Waals surface area contributed by atoms with Crippen LogP contribution in [0.15, 0.2) is 41.1 Å². The molecule has 0 aliphatic rings. The summed E-state index contributed by atoms with van der Waals surface area (Å²) < 4.78 is 0. The minimum Gasteiger partial charge on any atom is -0.399 e. The predicted octanol–water partition coefficient (Wildman–Crippen LogP) is 4.51. The predicted molar refractivity (Wildman–Crippen MR) is 84.3 cm³/mol. The lowest BCUT2D eigenvalue weighted by Gasteiger charge is -2.07. The molecule has 3 rings (SSSR count). The fraction of sp³-hybridized carbons (Fsp3) is 0.0714. The van der Waals surface area contributed by atoms with Crippen molar-refractivity contribution in [1.29, 1.82) is 0 Å². The van der Waals surface area contributed by atoms with Crippen molar-refractivity contribution in [3.63, 3.8) is 0 Å². The van der Waals surface area contributed by atoms with E-state index in [-0.39, 0.29) is 0 Å². The Morgan fingerprint density at radius 3 is 2.89 bits per heavy atom. The number of thiophene rings is 1. The van der Waals surface area contributed by atoms with Gasteiger partial charge in [-0.2, -0.15) is 0 Å². The SMILES string of the molecule is Cc1ccc(N)cc1Nc1nc(-c2cccs2)cs1. The van der Waals surface area contributed by atoms with Gasteiger partial charge in [0.15, 0.2) is 5.13 Å². The lowest BCUT2D eigenvalue weighted by atomic mass is 10.2. The van der Waals surface area contributed by atoms with Crippen molar-refractivity contribution < 1.29 is 0 Å². The number of anilines is 3. The van der Waals surface area contributed by atoms with E-state index >= 15 is 0 Å². The number of thiazole rings is 1. The molecule has 3 aromatic rings. The van der Waals surface area contributed by atoms with Crippen LogP contribution >= 0.6 is 22.7 Å². The van der Waals surface area contributed by atoms with Gasteiger partial charge in [-0.15, -0.1) is 22.7 Å². The first-order valence-corrected chi connectivity index (χ1v) is 7.61. The average molecular weight is 287 g/mol. The zero-order valence-corrected chi connectivity index (χ0v) is 12.0. The third-order valence-electron chi connectivity index (χ3n) is 2.78. The number of nitrogen functional groups attached to an aromatic ring is 1. The number of nitrogens with zero attached hydrogens (tertiary/aromatic N) is 1. The summed E-state index contributed by atoms with van der Waals surface area (Å²) in [6.45, 7) is 2.05. The summed E-state index contributed by atoms with van der Waals surface area (Å²) in [6.07, 6.45) is 0. The third-order valence-corrected chi connectivity index (χ3v) is 4.43.